The number of hydrogen-bond acceptors (Lipinski definition) is 6. The maximum atomic E-state index is 5.41. The van der Waals surface area contributed by atoms with E-state index in [9.17, 15) is 0 Å². The summed E-state index contributed by atoms with van der Waals surface area (Å²) in [6.45, 7) is 5.50. The lowest BCUT2D eigenvalue weighted by Crippen LogP contribution is -2.57. The predicted molar refractivity (Wildman–Crippen MR) is 49.5 cm³/mol. The third kappa shape index (κ3) is 1.18. The van der Waals surface area contributed by atoms with Gasteiger partial charge in [-0.05, 0) is 0 Å². The van der Waals surface area contributed by atoms with E-state index in [0.717, 1.165) is 38.5 Å². The zero-order valence-electron chi connectivity index (χ0n) is 7.89. The molecule has 2 N–H and O–H groups in total. The quantitative estimate of drug-likeness (QED) is 0.640. The minimum atomic E-state index is 0.164. The summed E-state index contributed by atoms with van der Waals surface area (Å²) >= 11 is 0. The van der Waals surface area contributed by atoms with Crippen LogP contribution in [0.15, 0.2) is 4.52 Å². The molecule has 3 saturated heterocycles. The van der Waals surface area contributed by atoms with Gasteiger partial charge in [0.15, 0.2) is 5.82 Å². The molecule has 0 saturated carbocycles. The Hall–Kier alpha value is -1.14. The lowest BCUT2D eigenvalue weighted by molar-refractivity contribution is 0.00781. The van der Waals surface area contributed by atoms with Crippen molar-refractivity contribution in [2.45, 2.75) is 6.04 Å². The smallest absolute Gasteiger partial charge is 0.318 e. The molecule has 1 aromatic heterocycles. The van der Waals surface area contributed by atoms with Crippen LogP contribution in [0.3, 0.4) is 0 Å². The van der Waals surface area contributed by atoms with Crippen molar-refractivity contribution in [3.63, 3.8) is 0 Å². The molecule has 0 aromatic carbocycles. The van der Waals surface area contributed by atoms with Gasteiger partial charge in [-0.25, -0.2) is 0 Å². The van der Waals surface area contributed by atoms with Crippen molar-refractivity contribution in [1.82, 2.24) is 19.9 Å². The van der Waals surface area contributed by atoms with Gasteiger partial charge < -0.3 is 10.3 Å². The van der Waals surface area contributed by atoms with Gasteiger partial charge in [0, 0.05) is 32.7 Å². The highest BCUT2D eigenvalue weighted by atomic mass is 16.5. The fourth-order valence-electron chi connectivity index (χ4n) is 2.25. The van der Waals surface area contributed by atoms with Crippen molar-refractivity contribution in [1.29, 1.82) is 0 Å². The van der Waals surface area contributed by atoms with E-state index in [1.54, 1.807) is 0 Å². The molecule has 76 valence electrons. The van der Waals surface area contributed by atoms with E-state index in [-0.39, 0.29) is 12.1 Å². The summed E-state index contributed by atoms with van der Waals surface area (Å²) in [6, 6.07) is 0.441. The molecule has 2 bridgehead atoms. The van der Waals surface area contributed by atoms with Gasteiger partial charge in [-0.1, -0.05) is 5.16 Å². The molecule has 1 atom stereocenters. The van der Waals surface area contributed by atoms with Gasteiger partial charge in [-0.15, -0.1) is 0 Å². The van der Waals surface area contributed by atoms with Crippen LogP contribution in [0.1, 0.15) is 11.9 Å². The number of hydrogen-bond donors (Lipinski definition) is 1. The summed E-state index contributed by atoms with van der Waals surface area (Å²) in [5.74, 6) is 0.729. The largest absolute Gasteiger partial charge is 0.351 e. The average molecular weight is 195 g/mol. The van der Waals surface area contributed by atoms with Crippen LogP contribution in [0.25, 0.3) is 0 Å². The third-order valence-electron chi connectivity index (χ3n) is 3.03. The normalized spacial score (nSPS) is 36.1. The zero-order valence-corrected chi connectivity index (χ0v) is 7.89. The predicted octanol–water partition coefficient (Wildman–Crippen LogP) is -0.676. The second kappa shape index (κ2) is 2.93. The maximum Gasteiger partial charge on any atom is 0.318 e. The van der Waals surface area contributed by atoms with E-state index in [0.29, 0.717) is 0 Å². The van der Waals surface area contributed by atoms with E-state index in [4.69, 9.17) is 10.3 Å². The molecule has 4 heterocycles. The van der Waals surface area contributed by atoms with Crippen LogP contribution in [-0.4, -0.2) is 52.7 Å². The lowest BCUT2D eigenvalue weighted by atomic mass is 10.1. The fraction of sp³-hybridized carbons (Fsp3) is 0.750. The number of nitrogens with two attached hydrogens (primary N) is 1. The number of rotatable bonds is 1. The first-order chi connectivity index (χ1) is 6.83. The first-order valence-corrected chi connectivity index (χ1v) is 4.88. The first kappa shape index (κ1) is 8.19. The molecule has 1 aromatic rings. The number of anilines is 1. The van der Waals surface area contributed by atoms with Crippen molar-refractivity contribution in [3.05, 3.63) is 5.82 Å². The molecule has 1 unspecified atom stereocenters. The molecule has 14 heavy (non-hydrogen) atoms. The number of nitrogen functional groups attached to an aromatic ring is 1. The highest BCUT2D eigenvalue weighted by Gasteiger charge is 2.35. The van der Waals surface area contributed by atoms with Crippen LogP contribution in [-0.2, 0) is 0 Å². The van der Waals surface area contributed by atoms with Gasteiger partial charge in [0.05, 0.1) is 6.04 Å². The maximum absolute atomic E-state index is 5.41. The minimum Gasteiger partial charge on any atom is -0.351 e. The third-order valence-corrected chi connectivity index (χ3v) is 3.03. The van der Waals surface area contributed by atoms with Crippen molar-refractivity contribution in [2.24, 2.45) is 0 Å². The molecule has 3 fully saturated rings. The Labute approximate surface area is 81.7 Å². The van der Waals surface area contributed by atoms with Crippen LogP contribution >= 0.6 is 0 Å². The van der Waals surface area contributed by atoms with E-state index in [1.807, 2.05) is 0 Å². The minimum absolute atomic E-state index is 0.164. The zero-order chi connectivity index (χ0) is 9.54. The summed E-state index contributed by atoms with van der Waals surface area (Å²) in [6.07, 6.45) is 0. The summed E-state index contributed by atoms with van der Waals surface area (Å²) in [4.78, 5) is 8.91. The van der Waals surface area contributed by atoms with Crippen molar-refractivity contribution in [2.75, 3.05) is 38.5 Å². The van der Waals surface area contributed by atoms with Crippen LogP contribution < -0.4 is 5.73 Å². The van der Waals surface area contributed by atoms with Gasteiger partial charge in [-0.3, -0.25) is 9.80 Å². The van der Waals surface area contributed by atoms with Crippen molar-refractivity contribution in [3.8, 4) is 0 Å². The lowest BCUT2D eigenvalue weighted by Gasteiger charge is -2.46. The SMILES string of the molecule is Nc1nc(C2CN3CCN2CC3)no1. The molecule has 0 radical (unpaired) electrons. The molecule has 0 aliphatic carbocycles. The molecule has 6 nitrogen and oxygen atoms in total. The van der Waals surface area contributed by atoms with Crippen LogP contribution in [0, 0.1) is 0 Å². The monoisotopic (exact) mass is 195 g/mol. The number of nitrogens with zero attached hydrogens (tertiary/aromatic N) is 4. The molecule has 0 amide bonds. The Kier molecular flexibility index (Phi) is 1.71. The van der Waals surface area contributed by atoms with E-state index in [1.165, 1.54) is 0 Å². The molecular formula is C8H13N5O. The van der Waals surface area contributed by atoms with Crippen molar-refractivity contribution < 1.29 is 4.52 Å². The molecule has 3 aliphatic heterocycles. The number of piperazine rings is 3. The highest BCUT2D eigenvalue weighted by Crippen LogP contribution is 2.26. The summed E-state index contributed by atoms with van der Waals surface area (Å²) < 4.78 is 4.80. The second-order valence-corrected chi connectivity index (χ2v) is 3.84. The van der Waals surface area contributed by atoms with Gasteiger partial charge in [0.25, 0.3) is 0 Å². The summed E-state index contributed by atoms with van der Waals surface area (Å²) in [5.41, 5.74) is 5.41. The van der Waals surface area contributed by atoms with Crippen LogP contribution in [0.4, 0.5) is 6.01 Å². The van der Waals surface area contributed by atoms with E-state index >= 15 is 0 Å². The van der Waals surface area contributed by atoms with Gasteiger partial charge in [-0.2, -0.15) is 4.98 Å². The molecular weight excluding hydrogens is 182 g/mol. The van der Waals surface area contributed by atoms with Gasteiger partial charge in [0.1, 0.15) is 0 Å². The Morgan fingerprint density at radius 2 is 2.07 bits per heavy atom. The summed E-state index contributed by atoms with van der Waals surface area (Å²) in [5, 5.41) is 3.88. The van der Waals surface area contributed by atoms with Gasteiger partial charge in [0.2, 0.25) is 0 Å². The standard InChI is InChI=1S/C8H13N5O/c9-8-10-7(11-14-8)6-5-12-1-3-13(6)4-2-12/h6H,1-5H2,(H2,9,10,11). The van der Waals surface area contributed by atoms with E-state index < -0.39 is 0 Å². The highest BCUT2D eigenvalue weighted by molar-refractivity contribution is 5.11. The Bertz CT molecular complexity index is 330. The average Bonchev–Trinajstić information content (AvgIpc) is 2.66. The number of aromatic nitrogens is 2. The topological polar surface area (TPSA) is 71.4 Å². The van der Waals surface area contributed by atoms with Crippen LogP contribution in [0.2, 0.25) is 0 Å². The Morgan fingerprint density at radius 1 is 1.29 bits per heavy atom. The fourth-order valence-corrected chi connectivity index (χ4v) is 2.25. The van der Waals surface area contributed by atoms with Crippen LogP contribution in [0.5, 0.6) is 0 Å². The van der Waals surface area contributed by atoms with Crippen molar-refractivity contribution >= 4 is 6.01 Å². The molecule has 3 aliphatic rings. The molecule has 0 spiro atoms. The second-order valence-electron chi connectivity index (χ2n) is 3.84. The number of fused-ring (bicyclic) bond motifs is 3. The first-order valence-electron chi connectivity index (χ1n) is 4.88. The Morgan fingerprint density at radius 3 is 2.57 bits per heavy atom. The van der Waals surface area contributed by atoms with E-state index in [2.05, 4.69) is 19.9 Å². The summed E-state index contributed by atoms with van der Waals surface area (Å²) in [7, 11) is 0. The Balaban J connectivity index is 1.85. The van der Waals surface area contributed by atoms with Gasteiger partial charge >= 0.3 is 6.01 Å². The molecule has 6 heteroatoms. The molecule has 4 rings (SSSR count).